The number of carbonyl (C=O) groups excluding carboxylic acids is 1. The van der Waals surface area contributed by atoms with Crippen LogP contribution in [0.15, 0.2) is 18.2 Å². The van der Waals surface area contributed by atoms with Crippen molar-refractivity contribution in [1.82, 2.24) is 14.9 Å². The Hall–Kier alpha value is -2.11. The van der Waals surface area contributed by atoms with Crippen LogP contribution in [0.25, 0.3) is 11.0 Å². The number of para-hydroxylation sites is 1. The smallest absolute Gasteiger partial charge is 0.221 e. The summed E-state index contributed by atoms with van der Waals surface area (Å²) < 4.78 is 15.1. The second kappa shape index (κ2) is 5.03. The number of carbonyl (C=O) groups is 1. The van der Waals surface area contributed by atoms with Crippen molar-refractivity contribution in [2.45, 2.75) is 19.9 Å². The van der Waals surface area contributed by atoms with E-state index in [4.69, 9.17) is 5.73 Å². The molecule has 2 rings (SSSR count). The Balaban J connectivity index is 2.25. The third-order valence-corrected chi connectivity index (χ3v) is 2.70. The van der Waals surface area contributed by atoms with Gasteiger partial charge in [-0.3, -0.25) is 4.79 Å². The van der Waals surface area contributed by atoms with Crippen LogP contribution in [0.3, 0.4) is 0 Å². The number of nitrogen functional groups attached to an aromatic ring is 1. The summed E-state index contributed by atoms with van der Waals surface area (Å²) in [6, 6.07) is 4.67. The van der Waals surface area contributed by atoms with E-state index in [0.717, 1.165) is 0 Å². The first-order valence-corrected chi connectivity index (χ1v) is 5.80. The van der Waals surface area contributed by atoms with Crippen LogP contribution >= 0.6 is 0 Å². The van der Waals surface area contributed by atoms with Gasteiger partial charge in [0.1, 0.15) is 5.52 Å². The maximum absolute atomic E-state index is 13.5. The third kappa shape index (κ3) is 2.27. The molecule has 0 bridgehead atoms. The molecule has 0 fully saturated rings. The third-order valence-electron chi connectivity index (χ3n) is 2.70. The molecule has 96 valence electrons. The number of anilines is 1. The number of hydrogen-bond donors (Lipinski definition) is 2. The van der Waals surface area contributed by atoms with Gasteiger partial charge in [0.05, 0.1) is 5.52 Å². The van der Waals surface area contributed by atoms with E-state index in [0.29, 0.717) is 25.0 Å². The molecule has 0 atom stereocenters. The van der Waals surface area contributed by atoms with Crippen LogP contribution in [0.1, 0.15) is 13.3 Å². The molecule has 18 heavy (non-hydrogen) atoms. The number of imidazole rings is 1. The monoisotopic (exact) mass is 250 g/mol. The van der Waals surface area contributed by atoms with Gasteiger partial charge in [-0.15, -0.1) is 0 Å². The van der Waals surface area contributed by atoms with E-state index in [1.54, 1.807) is 16.7 Å². The van der Waals surface area contributed by atoms with Crippen molar-refractivity contribution < 1.29 is 9.18 Å². The number of nitrogens with zero attached hydrogens (tertiary/aromatic N) is 2. The van der Waals surface area contributed by atoms with Crippen LogP contribution in [0.5, 0.6) is 0 Å². The molecule has 1 aromatic heterocycles. The van der Waals surface area contributed by atoms with E-state index in [2.05, 4.69) is 10.3 Å². The lowest BCUT2D eigenvalue weighted by Crippen LogP contribution is -2.24. The highest BCUT2D eigenvalue weighted by Crippen LogP contribution is 2.20. The fraction of sp³-hybridized carbons (Fsp3) is 0.333. The number of halogens is 1. The first kappa shape index (κ1) is 12.3. The predicted octanol–water partition coefficient (Wildman–Crippen LogP) is 1.28. The minimum atomic E-state index is -0.407. The minimum absolute atomic E-state index is 0.0600. The molecule has 0 aliphatic rings. The van der Waals surface area contributed by atoms with Crippen molar-refractivity contribution in [3.8, 4) is 0 Å². The highest BCUT2D eigenvalue weighted by atomic mass is 19.1. The molecule has 0 aliphatic carbocycles. The van der Waals surface area contributed by atoms with Gasteiger partial charge in [-0.25, -0.2) is 9.37 Å². The Morgan fingerprint density at radius 2 is 2.33 bits per heavy atom. The van der Waals surface area contributed by atoms with Crippen LogP contribution < -0.4 is 11.1 Å². The maximum atomic E-state index is 13.5. The standard InChI is InChI=1S/C12H15FN4O/c1-2-15-10(18)6-7-17-9-5-3-4-8(13)11(9)16-12(17)14/h3-5H,2,6-7H2,1H3,(H2,14,16)(H,15,18). The maximum Gasteiger partial charge on any atom is 0.221 e. The summed E-state index contributed by atoms with van der Waals surface area (Å²) in [5.74, 6) is -0.245. The van der Waals surface area contributed by atoms with Gasteiger partial charge in [-0.1, -0.05) is 6.07 Å². The topological polar surface area (TPSA) is 72.9 Å². The van der Waals surface area contributed by atoms with Gasteiger partial charge in [-0.05, 0) is 19.1 Å². The van der Waals surface area contributed by atoms with E-state index in [9.17, 15) is 9.18 Å². The summed E-state index contributed by atoms with van der Waals surface area (Å²) >= 11 is 0. The summed E-state index contributed by atoms with van der Waals surface area (Å²) in [4.78, 5) is 15.4. The zero-order valence-electron chi connectivity index (χ0n) is 10.1. The second-order valence-electron chi connectivity index (χ2n) is 3.93. The Morgan fingerprint density at radius 1 is 1.56 bits per heavy atom. The summed E-state index contributed by atoms with van der Waals surface area (Å²) in [5, 5.41) is 2.70. The zero-order chi connectivity index (χ0) is 13.1. The Morgan fingerprint density at radius 3 is 3.06 bits per heavy atom. The Kier molecular flexibility index (Phi) is 3.45. The van der Waals surface area contributed by atoms with E-state index >= 15 is 0 Å². The summed E-state index contributed by atoms with van der Waals surface area (Å²) in [6.45, 7) is 2.83. The van der Waals surface area contributed by atoms with Crippen LogP contribution in [-0.4, -0.2) is 22.0 Å². The average Bonchev–Trinajstić information content (AvgIpc) is 2.65. The molecule has 0 unspecified atom stereocenters. The highest BCUT2D eigenvalue weighted by Gasteiger charge is 2.12. The number of aromatic nitrogens is 2. The molecule has 2 aromatic rings. The molecule has 1 heterocycles. The summed E-state index contributed by atoms with van der Waals surface area (Å²) in [6.07, 6.45) is 0.292. The molecule has 5 nitrogen and oxygen atoms in total. The van der Waals surface area contributed by atoms with Gasteiger partial charge >= 0.3 is 0 Å². The highest BCUT2D eigenvalue weighted by molar-refractivity contribution is 5.80. The van der Waals surface area contributed by atoms with Gasteiger partial charge in [0.2, 0.25) is 11.9 Å². The number of aryl methyl sites for hydroxylation is 1. The molecule has 1 amide bonds. The van der Waals surface area contributed by atoms with Crippen LogP contribution in [-0.2, 0) is 11.3 Å². The van der Waals surface area contributed by atoms with Crippen molar-refractivity contribution in [2.24, 2.45) is 0 Å². The van der Waals surface area contributed by atoms with E-state index in [-0.39, 0.29) is 17.4 Å². The number of nitrogens with one attached hydrogen (secondary N) is 1. The number of amides is 1. The summed E-state index contributed by atoms with van der Waals surface area (Å²) in [5.41, 5.74) is 6.59. The Labute approximate surface area is 104 Å². The fourth-order valence-corrected chi connectivity index (χ4v) is 1.86. The number of benzene rings is 1. The normalized spacial score (nSPS) is 10.8. The SMILES string of the molecule is CCNC(=O)CCn1c(N)nc2c(F)cccc21. The largest absolute Gasteiger partial charge is 0.369 e. The van der Waals surface area contributed by atoms with Gasteiger partial charge in [0, 0.05) is 19.5 Å². The van der Waals surface area contributed by atoms with Gasteiger partial charge in [0.15, 0.2) is 5.82 Å². The van der Waals surface area contributed by atoms with Crippen LogP contribution in [0.4, 0.5) is 10.3 Å². The molecule has 3 N–H and O–H groups in total. The molecule has 0 spiro atoms. The molecule has 0 saturated heterocycles. The first-order chi connectivity index (χ1) is 8.63. The van der Waals surface area contributed by atoms with Crippen LogP contribution in [0, 0.1) is 5.82 Å². The van der Waals surface area contributed by atoms with Gasteiger partial charge < -0.3 is 15.6 Å². The lowest BCUT2D eigenvalue weighted by Gasteiger charge is -2.06. The predicted molar refractivity (Wildman–Crippen MR) is 67.4 cm³/mol. The first-order valence-electron chi connectivity index (χ1n) is 5.80. The number of hydrogen-bond acceptors (Lipinski definition) is 3. The van der Waals surface area contributed by atoms with Gasteiger partial charge in [-0.2, -0.15) is 0 Å². The van der Waals surface area contributed by atoms with Crippen molar-refractivity contribution >= 4 is 22.9 Å². The van der Waals surface area contributed by atoms with E-state index < -0.39 is 5.82 Å². The Bertz CT molecular complexity index is 579. The molecule has 0 radical (unpaired) electrons. The zero-order valence-corrected chi connectivity index (χ0v) is 10.1. The molecule has 0 aliphatic heterocycles. The van der Waals surface area contributed by atoms with Crippen LogP contribution in [0.2, 0.25) is 0 Å². The average molecular weight is 250 g/mol. The summed E-state index contributed by atoms with van der Waals surface area (Å²) in [7, 11) is 0. The number of fused-ring (bicyclic) bond motifs is 1. The minimum Gasteiger partial charge on any atom is -0.369 e. The molecular weight excluding hydrogens is 235 g/mol. The van der Waals surface area contributed by atoms with Gasteiger partial charge in [0.25, 0.3) is 0 Å². The quantitative estimate of drug-likeness (QED) is 0.858. The van der Waals surface area contributed by atoms with Crippen molar-refractivity contribution in [3.63, 3.8) is 0 Å². The van der Waals surface area contributed by atoms with Crippen molar-refractivity contribution in [3.05, 3.63) is 24.0 Å². The van der Waals surface area contributed by atoms with Crippen molar-refractivity contribution in [1.29, 1.82) is 0 Å². The second-order valence-corrected chi connectivity index (χ2v) is 3.93. The molecular formula is C12H15FN4O. The van der Waals surface area contributed by atoms with Crippen molar-refractivity contribution in [2.75, 3.05) is 12.3 Å². The van der Waals surface area contributed by atoms with E-state index in [1.807, 2.05) is 6.92 Å². The number of rotatable bonds is 4. The van der Waals surface area contributed by atoms with E-state index in [1.165, 1.54) is 6.07 Å². The molecule has 0 saturated carbocycles. The lowest BCUT2D eigenvalue weighted by molar-refractivity contribution is -0.121. The molecule has 6 heteroatoms. The lowest BCUT2D eigenvalue weighted by atomic mass is 10.3. The number of nitrogens with two attached hydrogens (primary N) is 1. The fourth-order valence-electron chi connectivity index (χ4n) is 1.86. The molecule has 1 aromatic carbocycles.